The first-order valence-electron chi connectivity index (χ1n) is 9.02. The van der Waals surface area contributed by atoms with E-state index in [1.165, 1.54) is 12.5 Å². The number of ketones is 1. The topological polar surface area (TPSA) is 133 Å². The summed E-state index contributed by atoms with van der Waals surface area (Å²) in [7, 11) is 0. The minimum Gasteiger partial charge on any atom is -0.481 e. The van der Waals surface area contributed by atoms with Crippen LogP contribution < -0.4 is 5.73 Å². The maximum absolute atomic E-state index is 12.8. The van der Waals surface area contributed by atoms with Gasteiger partial charge in [-0.25, -0.2) is 4.98 Å². The van der Waals surface area contributed by atoms with Crippen molar-refractivity contribution in [2.45, 2.75) is 32.6 Å². The van der Waals surface area contributed by atoms with Gasteiger partial charge in [-0.1, -0.05) is 37.3 Å². The van der Waals surface area contributed by atoms with E-state index in [0.29, 0.717) is 18.5 Å². The fraction of sp³-hybridized carbons (Fsp3) is 0.400. The van der Waals surface area contributed by atoms with Gasteiger partial charge < -0.3 is 15.8 Å². The number of amidine groups is 1. The molecule has 2 rings (SSSR count). The molecule has 27 heavy (non-hydrogen) atoms. The van der Waals surface area contributed by atoms with Gasteiger partial charge in [-0.15, -0.1) is 0 Å². The molecule has 0 aliphatic heterocycles. The number of nitrogens with one attached hydrogen (secondary N) is 2. The highest BCUT2D eigenvalue weighted by Gasteiger charge is 2.35. The van der Waals surface area contributed by atoms with Crippen molar-refractivity contribution in [2.24, 2.45) is 23.5 Å². The van der Waals surface area contributed by atoms with E-state index < -0.39 is 23.7 Å². The molecule has 0 spiro atoms. The summed E-state index contributed by atoms with van der Waals surface area (Å²) in [6, 6.07) is 9.88. The summed E-state index contributed by atoms with van der Waals surface area (Å²) in [5.74, 6) is -3.15. The van der Waals surface area contributed by atoms with Crippen LogP contribution in [0.25, 0.3) is 0 Å². The Kier molecular flexibility index (Phi) is 7.28. The first-order valence-corrected chi connectivity index (χ1v) is 9.02. The van der Waals surface area contributed by atoms with E-state index in [9.17, 15) is 14.7 Å². The molecule has 1 heterocycles. The fourth-order valence-corrected chi connectivity index (χ4v) is 3.41. The second-order valence-electron chi connectivity index (χ2n) is 6.85. The van der Waals surface area contributed by atoms with Gasteiger partial charge in [0.2, 0.25) is 0 Å². The van der Waals surface area contributed by atoms with E-state index in [-0.39, 0.29) is 18.0 Å². The molecule has 0 bridgehead atoms. The quantitative estimate of drug-likeness (QED) is 0.274. The second-order valence-corrected chi connectivity index (χ2v) is 6.85. The van der Waals surface area contributed by atoms with Crippen molar-refractivity contribution in [2.75, 3.05) is 0 Å². The van der Waals surface area contributed by atoms with Crippen molar-refractivity contribution in [1.82, 2.24) is 9.97 Å². The molecule has 2 aromatic rings. The van der Waals surface area contributed by atoms with Gasteiger partial charge in [0, 0.05) is 12.3 Å². The number of rotatable bonds is 11. The number of Topliss-reactive ketones (excluding diaryl/α,β-unsaturated/α-hetero) is 1. The second kappa shape index (κ2) is 9.66. The molecule has 144 valence electrons. The van der Waals surface area contributed by atoms with Crippen molar-refractivity contribution >= 4 is 17.6 Å². The molecule has 0 amide bonds. The van der Waals surface area contributed by atoms with Gasteiger partial charge in [0.1, 0.15) is 5.69 Å². The van der Waals surface area contributed by atoms with Gasteiger partial charge in [0.25, 0.3) is 0 Å². The standard InChI is InChI=1S/C20H26N4O3/c1-13(16(10-18(21)22)19(25)17-11-23-12-24-17)15(20(26)27)9-5-8-14-6-3-2-4-7-14/h2-4,6-7,11-13,15-16H,5,8-10H2,1H3,(H3,21,22)(H,23,24)(H,26,27). The maximum atomic E-state index is 12.8. The number of hydrogen-bond donors (Lipinski definition) is 4. The van der Waals surface area contributed by atoms with Crippen LogP contribution in [0.1, 0.15) is 42.2 Å². The van der Waals surface area contributed by atoms with E-state index in [4.69, 9.17) is 11.1 Å². The third kappa shape index (κ3) is 5.77. The Bertz CT molecular complexity index is 759. The molecule has 7 heteroatoms. The van der Waals surface area contributed by atoms with Crippen molar-refractivity contribution < 1.29 is 14.7 Å². The lowest BCUT2D eigenvalue weighted by molar-refractivity contribution is -0.144. The average molecular weight is 370 g/mol. The number of benzene rings is 1. The molecule has 0 saturated heterocycles. The summed E-state index contributed by atoms with van der Waals surface area (Å²) in [6.45, 7) is 1.75. The third-order valence-corrected chi connectivity index (χ3v) is 4.95. The summed E-state index contributed by atoms with van der Waals surface area (Å²) in [6.07, 6.45) is 4.78. The Hall–Kier alpha value is -2.96. The zero-order chi connectivity index (χ0) is 19.8. The lowest BCUT2D eigenvalue weighted by Crippen LogP contribution is -2.35. The minimum absolute atomic E-state index is 0.0293. The molecule has 0 saturated carbocycles. The van der Waals surface area contributed by atoms with Crippen molar-refractivity contribution in [3.05, 3.63) is 54.1 Å². The van der Waals surface area contributed by atoms with Crippen LogP contribution in [0.4, 0.5) is 0 Å². The average Bonchev–Trinajstić information content (AvgIpc) is 3.17. The molecule has 0 aliphatic carbocycles. The highest BCUT2D eigenvalue weighted by molar-refractivity contribution is 5.98. The minimum atomic E-state index is -0.929. The summed E-state index contributed by atoms with van der Waals surface area (Å²) in [5, 5.41) is 17.3. The van der Waals surface area contributed by atoms with Crippen LogP contribution in [0.15, 0.2) is 42.9 Å². The summed E-state index contributed by atoms with van der Waals surface area (Å²) < 4.78 is 0. The molecule has 5 N–H and O–H groups in total. The zero-order valence-electron chi connectivity index (χ0n) is 15.4. The number of carbonyl (C=O) groups is 2. The number of aromatic amines is 1. The summed E-state index contributed by atoms with van der Waals surface area (Å²) >= 11 is 0. The van der Waals surface area contributed by atoms with Crippen molar-refractivity contribution in [3.8, 4) is 0 Å². The number of aryl methyl sites for hydroxylation is 1. The number of nitrogens with two attached hydrogens (primary N) is 1. The first-order chi connectivity index (χ1) is 12.9. The molecule has 1 aromatic heterocycles. The van der Waals surface area contributed by atoms with Gasteiger partial charge in [-0.3, -0.25) is 15.0 Å². The van der Waals surface area contributed by atoms with Crippen LogP contribution in [0, 0.1) is 23.2 Å². The number of carboxylic acids is 1. The van der Waals surface area contributed by atoms with Crippen LogP contribution in [0.5, 0.6) is 0 Å². The highest BCUT2D eigenvalue weighted by atomic mass is 16.4. The van der Waals surface area contributed by atoms with Gasteiger partial charge in [0.15, 0.2) is 5.78 Å². The molecule has 7 nitrogen and oxygen atoms in total. The van der Waals surface area contributed by atoms with Crippen LogP contribution >= 0.6 is 0 Å². The predicted octanol–water partition coefficient (Wildman–Crippen LogP) is 2.89. The van der Waals surface area contributed by atoms with Gasteiger partial charge in [0.05, 0.1) is 24.3 Å². The van der Waals surface area contributed by atoms with Gasteiger partial charge >= 0.3 is 5.97 Å². The summed E-state index contributed by atoms with van der Waals surface area (Å²) in [5.41, 5.74) is 7.00. The number of aromatic nitrogens is 2. The largest absolute Gasteiger partial charge is 0.481 e. The van der Waals surface area contributed by atoms with Gasteiger partial charge in [-0.05, 0) is 30.7 Å². The number of carbonyl (C=O) groups excluding carboxylic acids is 1. The first kappa shape index (κ1) is 20.4. The van der Waals surface area contributed by atoms with Gasteiger partial charge in [-0.2, -0.15) is 0 Å². The van der Waals surface area contributed by atoms with Crippen LogP contribution in [-0.4, -0.2) is 32.7 Å². The van der Waals surface area contributed by atoms with E-state index in [1.54, 1.807) is 6.92 Å². The third-order valence-electron chi connectivity index (χ3n) is 4.95. The molecular formula is C20H26N4O3. The molecule has 0 radical (unpaired) electrons. The number of hydrogen-bond acceptors (Lipinski definition) is 4. The van der Waals surface area contributed by atoms with E-state index in [0.717, 1.165) is 12.0 Å². The Morgan fingerprint density at radius 3 is 2.52 bits per heavy atom. The Morgan fingerprint density at radius 2 is 1.96 bits per heavy atom. The normalized spacial score (nSPS) is 14.3. The number of carboxylic acid groups (broad SMARTS) is 1. The Balaban J connectivity index is 2.10. The van der Waals surface area contributed by atoms with Crippen LogP contribution in [0.2, 0.25) is 0 Å². The van der Waals surface area contributed by atoms with Crippen molar-refractivity contribution in [3.63, 3.8) is 0 Å². The predicted molar refractivity (Wildman–Crippen MR) is 103 cm³/mol. The zero-order valence-corrected chi connectivity index (χ0v) is 15.4. The smallest absolute Gasteiger partial charge is 0.306 e. The maximum Gasteiger partial charge on any atom is 0.306 e. The number of aliphatic carboxylic acids is 1. The highest BCUT2D eigenvalue weighted by Crippen LogP contribution is 2.30. The molecule has 3 unspecified atom stereocenters. The molecule has 0 aliphatic rings. The Morgan fingerprint density at radius 1 is 1.26 bits per heavy atom. The monoisotopic (exact) mass is 370 g/mol. The fourth-order valence-electron chi connectivity index (χ4n) is 3.41. The summed E-state index contributed by atoms with van der Waals surface area (Å²) in [4.78, 5) is 31.3. The molecular weight excluding hydrogens is 344 g/mol. The molecule has 1 aromatic carbocycles. The van der Waals surface area contributed by atoms with E-state index in [2.05, 4.69) is 9.97 Å². The molecule has 3 atom stereocenters. The lowest BCUT2D eigenvalue weighted by Gasteiger charge is -2.27. The number of H-pyrrole nitrogens is 1. The number of nitrogens with zero attached hydrogens (tertiary/aromatic N) is 1. The van der Waals surface area contributed by atoms with E-state index >= 15 is 0 Å². The van der Waals surface area contributed by atoms with Crippen LogP contribution in [-0.2, 0) is 11.2 Å². The Labute approximate surface area is 158 Å². The van der Waals surface area contributed by atoms with Crippen LogP contribution in [0.3, 0.4) is 0 Å². The SMILES string of the molecule is CC(C(CCCc1ccccc1)C(=O)O)C(CC(=N)N)C(=O)c1cnc[nH]1. The molecule has 0 fully saturated rings. The van der Waals surface area contributed by atoms with Crippen molar-refractivity contribution in [1.29, 1.82) is 5.41 Å². The lowest BCUT2D eigenvalue weighted by atomic mass is 9.76. The number of imidazole rings is 1. The van der Waals surface area contributed by atoms with E-state index in [1.807, 2.05) is 30.3 Å².